The van der Waals surface area contributed by atoms with E-state index < -0.39 is 0 Å². The molecule has 0 aromatic heterocycles. The summed E-state index contributed by atoms with van der Waals surface area (Å²) >= 11 is 0. The molecule has 2 atom stereocenters. The van der Waals surface area contributed by atoms with Gasteiger partial charge in [0.15, 0.2) is 11.5 Å². The monoisotopic (exact) mass is 250 g/mol. The quantitative estimate of drug-likeness (QED) is 0.586. The van der Waals surface area contributed by atoms with E-state index in [2.05, 4.69) is 17.6 Å². The van der Waals surface area contributed by atoms with E-state index in [1.807, 2.05) is 0 Å². The molecule has 0 spiro atoms. The predicted octanol–water partition coefficient (Wildman–Crippen LogP) is 0.826. The summed E-state index contributed by atoms with van der Waals surface area (Å²) in [5, 5.41) is 24.8. The van der Waals surface area contributed by atoms with Crippen molar-refractivity contribution in [3.8, 4) is 11.5 Å². The van der Waals surface area contributed by atoms with Crippen molar-refractivity contribution >= 4 is 5.91 Å². The SMILES string of the molecule is CC1CNCCC1NC(=O)c1ccc(O)c(O)c1. The van der Waals surface area contributed by atoms with Gasteiger partial charge in [-0.05, 0) is 43.6 Å². The highest BCUT2D eigenvalue weighted by Crippen LogP contribution is 2.25. The fourth-order valence-corrected chi connectivity index (χ4v) is 2.14. The molecule has 0 saturated carbocycles. The summed E-state index contributed by atoms with van der Waals surface area (Å²) in [6.07, 6.45) is 0.900. The molecule has 0 bridgehead atoms. The minimum atomic E-state index is -0.277. The summed E-state index contributed by atoms with van der Waals surface area (Å²) in [7, 11) is 0. The zero-order valence-corrected chi connectivity index (χ0v) is 10.3. The van der Waals surface area contributed by atoms with Crippen LogP contribution in [-0.4, -0.2) is 35.3 Å². The van der Waals surface area contributed by atoms with Crippen molar-refractivity contribution < 1.29 is 15.0 Å². The Morgan fingerprint density at radius 1 is 1.39 bits per heavy atom. The molecular formula is C13H18N2O3. The second-order valence-corrected chi connectivity index (χ2v) is 4.75. The summed E-state index contributed by atoms with van der Waals surface area (Å²) in [5.74, 6) is -0.333. The Balaban J connectivity index is 2.04. The minimum absolute atomic E-state index is 0.148. The lowest BCUT2D eigenvalue weighted by molar-refractivity contribution is 0.0914. The first-order valence-electron chi connectivity index (χ1n) is 6.11. The van der Waals surface area contributed by atoms with Crippen molar-refractivity contribution in [2.24, 2.45) is 5.92 Å². The zero-order valence-electron chi connectivity index (χ0n) is 10.3. The molecule has 1 amide bonds. The van der Waals surface area contributed by atoms with Crippen LogP contribution in [0.2, 0.25) is 0 Å². The molecule has 0 radical (unpaired) electrons. The van der Waals surface area contributed by atoms with E-state index in [1.165, 1.54) is 18.2 Å². The number of carbonyl (C=O) groups is 1. The average Bonchev–Trinajstić information content (AvgIpc) is 2.35. The van der Waals surface area contributed by atoms with Gasteiger partial charge in [0.1, 0.15) is 0 Å². The minimum Gasteiger partial charge on any atom is -0.504 e. The van der Waals surface area contributed by atoms with Gasteiger partial charge in [-0.15, -0.1) is 0 Å². The average molecular weight is 250 g/mol. The van der Waals surface area contributed by atoms with Crippen molar-refractivity contribution in [1.82, 2.24) is 10.6 Å². The van der Waals surface area contributed by atoms with Crippen molar-refractivity contribution in [2.45, 2.75) is 19.4 Å². The van der Waals surface area contributed by atoms with Crippen LogP contribution >= 0.6 is 0 Å². The first-order chi connectivity index (χ1) is 8.58. The summed E-state index contributed by atoms with van der Waals surface area (Å²) in [5.41, 5.74) is 0.357. The highest BCUT2D eigenvalue weighted by atomic mass is 16.3. The van der Waals surface area contributed by atoms with Crippen LogP contribution in [0.3, 0.4) is 0 Å². The van der Waals surface area contributed by atoms with Crippen molar-refractivity contribution in [2.75, 3.05) is 13.1 Å². The number of benzene rings is 1. The van der Waals surface area contributed by atoms with Crippen LogP contribution in [0.5, 0.6) is 11.5 Å². The van der Waals surface area contributed by atoms with Crippen molar-refractivity contribution in [3.63, 3.8) is 0 Å². The second-order valence-electron chi connectivity index (χ2n) is 4.75. The molecule has 5 heteroatoms. The van der Waals surface area contributed by atoms with Gasteiger partial charge in [-0.3, -0.25) is 4.79 Å². The number of hydrogen-bond donors (Lipinski definition) is 4. The van der Waals surface area contributed by atoms with Gasteiger partial charge in [-0.1, -0.05) is 6.92 Å². The molecule has 1 aliphatic heterocycles. The normalized spacial score (nSPS) is 23.6. The van der Waals surface area contributed by atoms with Crippen LogP contribution in [0.4, 0.5) is 0 Å². The third kappa shape index (κ3) is 2.73. The summed E-state index contributed by atoms with van der Waals surface area (Å²) in [6.45, 7) is 3.88. The van der Waals surface area contributed by atoms with Crippen LogP contribution in [0.25, 0.3) is 0 Å². The molecule has 1 heterocycles. The lowest BCUT2D eigenvalue weighted by Crippen LogP contribution is -2.48. The maximum atomic E-state index is 12.0. The third-order valence-electron chi connectivity index (χ3n) is 3.34. The number of hydrogen-bond acceptors (Lipinski definition) is 4. The molecule has 4 N–H and O–H groups in total. The molecule has 2 unspecified atom stereocenters. The Bertz CT molecular complexity index is 448. The highest BCUT2D eigenvalue weighted by Gasteiger charge is 2.23. The number of piperidine rings is 1. The summed E-state index contributed by atoms with van der Waals surface area (Å²) < 4.78 is 0. The maximum Gasteiger partial charge on any atom is 0.251 e. The standard InChI is InChI=1S/C13H18N2O3/c1-8-7-14-5-4-10(8)15-13(18)9-2-3-11(16)12(17)6-9/h2-3,6,8,10,14,16-17H,4-5,7H2,1H3,(H,15,18). The molecule has 98 valence electrons. The van der Waals surface area contributed by atoms with Crippen LogP contribution < -0.4 is 10.6 Å². The van der Waals surface area contributed by atoms with Crippen LogP contribution in [-0.2, 0) is 0 Å². The molecule has 0 aliphatic carbocycles. The number of aromatic hydroxyl groups is 2. The van der Waals surface area contributed by atoms with Gasteiger partial charge < -0.3 is 20.8 Å². The maximum absolute atomic E-state index is 12.0. The van der Waals surface area contributed by atoms with Crippen LogP contribution in [0.15, 0.2) is 18.2 Å². The largest absolute Gasteiger partial charge is 0.504 e. The van der Waals surface area contributed by atoms with E-state index in [-0.39, 0.29) is 23.4 Å². The second kappa shape index (κ2) is 5.27. The third-order valence-corrected chi connectivity index (χ3v) is 3.34. The number of carbonyl (C=O) groups excluding carboxylic acids is 1. The Morgan fingerprint density at radius 3 is 2.83 bits per heavy atom. The van der Waals surface area contributed by atoms with E-state index in [0.29, 0.717) is 11.5 Å². The Labute approximate surface area is 106 Å². The number of rotatable bonds is 2. The first kappa shape index (κ1) is 12.7. The molecule has 1 fully saturated rings. The van der Waals surface area contributed by atoms with Crippen molar-refractivity contribution in [1.29, 1.82) is 0 Å². The van der Waals surface area contributed by atoms with Gasteiger partial charge in [0.25, 0.3) is 5.91 Å². The van der Waals surface area contributed by atoms with E-state index in [4.69, 9.17) is 0 Å². The van der Waals surface area contributed by atoms with Gasteiger partial charge >= 0.3 is 0 Å². The van der Waals surface area contributed by atoms with Gasteiger partial charge in [-0.2, -0.15) is 0 Å². The number of nitrogens with one attached hydrogen (secondary N) is 2. The van der Waals surface area contributed by atoms with E-state index in [9.17, 15) is 15.0 Å². The van der Waals surface area contributed by atoms with Crippen molar-refractivity contribution in [3.05, 3.63) is 23.8 Å². The fraction of sp³-hybridized carbons (Fsp3) is 0.462. The zero-order chi connectivity index (χ0) is 13.1. The number of amides is 1. The summed E-state index contributed by atoms with van der Waals surface area (Å²) in [6, 6.07) is 4.23. The fourth-order valence-electron chi connectivity index (χ4n) is 2.14. The molecule has 1 saturated heterocycles. The Morgan fingerprint density at radius 2 is 2.17 bits per heavy atom. The lowest BCUT2D eigenvalue weighted by atomic mass is 9.95. The van der Waals surface area contributed by atoms with E-state index in [1.54, 1.807) is 0 Å². The van der Waals surface area contributed by atoms with Gasteiger partial charge in [-0.25, -0.2) is 0 Å². The molecule has 18 heavy (non-hydrogen) atoms. The first-order valence-corrected chi connectivity index (χ1v) is 6.11. The molecule has 1 aromatic rings. The summed E-state index contributed by atoms with van der Waals surface area (Å²) in [4.78, 5) is 12.0. The topological polar surface area (TPSA) is 81.6 Å². The van der Waals surface area contributed by atoms with Crippen LogP contribution in [0, 0.1) is 5.92 Å². The Hall–Kier alpha value is -1.75. The smallest absolute Gasteiger partial charge is 0.251 e. The van der Waals surface area contributed by atoms with Gasteiger partial charge in [0.05, 0.1) is 0 Å². The van der Waals surface area contributed by atoms with Crippen LogP contribution in [0.1, 0.15) is 23.7 Å². The Kier molecular flexibility index (Phi) is 3.72. The molecular weight excluding hydrogens is 232 g/mol. The molecule has 1 aromatic carbocycles. The van der Waals surface area contributed by atoms with E-state index in [0.717, 1.165) is 19.5 Å². The van der Waals surface area contributed by atoms with E-state index >= 15 is 0 Å². The van der Waals surface area contributed by atoms with Gasteiger partial charge in [0.2, 0.25) is 0 Å². The highest BCUT2D eigenvalue weighted by molar-refractivity contribution is 5.95. The molecule has 5 nitrogen and oxygen atoms in total. The number of phenolic OH excluding ortho intramolecular Hbond substituents is 2. The molecule has 1 aliphatic rings. The number of phenols is 2. The van der Waals surface area contributed by atoms with Gasteiger partial charge in [0, 0.05) is 11.6 Å². The predicted molar refractivity (Wildman–Crippen MR) is 67.7 cm³/mol. The lowest BCUT2D eigenvalue weighted by Gasteiger charge is -2.30. The molecule has 2 rings (SSSR count).